The van der Waals surface area contributed by atoms with Crippen LogP contribution < -0.4 is 4.90 Å². The van der Waals surface area contributed by atoms with Crippen molar-refractivity contribution in [3.8, 4) is 0 Å². The number of hydrogen-bond donors (Lipinski definition) is 0. The van der Waals surface area contributed by atoms with Gasteiger partial charge in [0.15, 0.2) is 0 Å². The van der Waals surface area contributed by atoms with Gasteiger partial charge in [0.1, 0.15) is 5.82 Å². The van der Waals surface area contributed by atoms with Crippen LogP contribution in [-0.4, -0.2) is 62.3 Å². The summed E-state index contributed by atoms with van der Waals surface area (Å²) in [6.45, 7) is 3.47. The second-order valence-corrected chi connectivity index (χ2v) is 9.49. The van der Waals surface area contributed by atoms with Gasteiger partial charge in [-0.1, -0.05) is 24.3 Å². The van der Waals surface area contributed by atoms with E-state index in [9.17, 15) is 17.6 Å². The molecule has 0 saturated carbocycles. The molecule has 1 saturated heterocycles. The highest BCUT2D eigenvalue weighted by Crippen LogP contribution is 2.31. The van der Waals surface area contributed by atoms with Crippen LogP contribution in [-0.2, 0) is 21.2 Å². The molecule has 0 aromatic heterocycles. The summed E-state index contributed by atoms with van der Waals surface area (Å²) in [6, 6.07) is 13.4. The predicted octanol–water partition coefficient (Wildman–Crippen LogP) is 2.11. The summed E-state index contributed by atoms with van der Waals surface area (Å²) in [4.78, 5) is 16.6. The van der Waals surface area contributed by atoms with Crippen molar-refractivity contribution in [2.75, 3.05) is 37.6 Å². The molecular formula is C21H24FN3O3S. The van der Waals surface area contributed by atoms with E-state index in [1.807, 2.05) is 18.2 Å². The van der Waals surface area contributed by atoms with Gasteiger partial charge in [-0.15, -0.1) is 0 Å². The van der Waals surface area contributed by atoms with Crippen molar-refractivity contribution in [1.82, 2.24) is 9.21 Å². The number of halogens is 1. The lowest BCUT2D eigenvalue weighted by molar-refractivity contribution is -0.130. The van der Waals surface area contributed by atoms with Gasteiger partial charge in [0, 0.05) is 37.9 Å². The van der Waals surface area contributed by atoms with Crippen LogP contribution in [0.2, 0.25) is 0 Å². The van der Waals surface area contributed by atoms with Gasteiger partial charge in [-0.05, 0) is 43.2 Å². The molecule has 1 atom stereocenters. The summed E-state index contributed by atoms with van der Waals surface area (Å²) in [5, 5.41) is 0. The zero-order chi connectivity index (χ0) is 20.6. The van der Waals surface area contributed by atoms with Gasteiger partial charge in [0.2, 0.25) is 15.9 Å². The maximum atomic E-state index is 13.4. The monoisotopic (exact) mass is 417 g/mol. The first-order valence-electron chi connectivity index (χ1n) is 9.74. The van der Waals surface area contributed by atoms with Crippen LogP contribution in [0, 0.1) is 5.82 Å². The third-order valence-corrected chi connectivity index (χ3v) is 7.57. The van der Waals surface area contributed by atoms with Gasteiger partial charge in [-0.25, -0.2) is 12.8 Å². The van der Waals surface area contributed by atoms with Crippen LogP contribution in [0.3, 0.4) is 0 Å². The van der Waals surface area contributed by atoms with Crippen LogP contribution in [0.15, 0.2) is 53.4 Å². The van der Waals surface area contributed by atoms with Gasteiger partial charge in [0.05, 0.1) is 11.4 Å². The van der Waals surface area contributed by atoms with Crippen molar-refractivity contribution in [1.29, 1.82) is 0 Å². The molecule has 2 aromatic carbocycles. The number of fused-ring (bicyclic) bond motifs is 1. The average molecular weight is 418 g/mol. The largest absolute Gasteiger partial charge is 0.359 e. The summed E-state index contributed by atoms with van der Waals surface area (Å²) in [7, 11) is -3.76. The van der Waals surface area contributed by atoms with Crippen LogP contribution in [0.25, 0.3) is 0 Å². The minimum Gasteiger partial charge on any atom is -0.359 e. The molecule has 6 nitrogen and oxygen atoms in total. The average Bonchev–Trinajstić information content (AvgIpc) is 3.03. The van der Waals surface area contributed by atoms with Crippen molar-refractivity contribution < 1.29 is 17.6 Å². The van der Waals surface area contributed by atoms with Crippen molar-refractivity contribution in [2.24, 2.45) is 0 Å². The lowest BCUT2D eigenvalue weighted by Crippen LogP contribution is -2.53. The topological polar surface area (TPSA) is 60.9 Å². The zero-order valence-corrected chi connectivity index (χ0v) is 17.1. The number of hydrogen-bond acceptors (Lipinski definition) is 4. The predicted molar refractivity (Wildman–Crippen MR) is 109 cm³/mol. The molecule has 1 fully saturated rings. The molecule has 0 spiro atoms. The number of carbonyl (C=O) groups excluding carboxylic acids is 1. The van der Waals surface area contributed by atoms with E-state index in [1.54, 1.807) is 4.90 Å². The Bertz CT molecular complexity index is 1020. The van der Waals surface area contributed by atoms with Gasteiger partial charge in [0.25, 0.3) is 0 Å². The Labute approximate surface area is 170 Å². The van der Waals surface area contributed by atoms with E-state index >= 15 is 0 Å². The van der Waals surface area contributed by atoms with E-state index in [-0.39, 0.29) is 36.5 Å². The summed E-state index contributed by atoms with van der Waals surface area (Å²) < 4.78 is 40.2. The van der Waals surface area contributed by atoms with Gasteiger partial charge in [-0.3, -0.25) is 4.79 Å². The van der Waals surface area contributed by atoms with E-state index in [0.717, 1.165) is 18.2 Å². The molecule has 2 heterocycles. The number of benzene rings is 2. The Morgan fingerprint density at radius 2 is 1.79 bits per heavy atom. The third kappa shape index (κ3) is 3.86. The molecule has 4 rings (SSSR count). The Morgan fingerprint density at radius 1 is 1.07 bits per heavy atom. The Hall–Kier alpha value is -2.45. The van der Waals surface area contributed by atoms with E-state index < -0.39 is 15.8 Å². The zero-order valence-electron chi connectivity index (χ0n) is 16.3. The molecule has 29 heavy (non-hydrogen) atoms. The second kappa shape index (κ2) is 7.76. The van der Waals surface area contributed by atoms with Crippen molar-refractivity contribution >= 4 is 21.6 Å². The van der Waals surface area contributed by atoms with E-state index in [1.165, 1.54) is 28.1 Å². The number of nitrogens with zero attached hydrogens (tertiary/aromatic N) is 3. The molecule has 1 unspecified atom stereocenters. The number of piperazine rings is 1. The Kier molecular flexibility index (Phi) is 5.31. The first kappa shape index (κ1) is 19.8. The van der Waals surface area contributed by atoms with Crippen molar-refractivity contribution in [3.05, 3.63) is 59.9 Å². The normalized spacial score (nSPS) is 20.0. The molecular weight excluding hydrogens is 393 g/mol. The number of anilines is 1. The first-order chi connectivity index (χ1) is 13.9. The third-order valence-electron chi connectivity index (χ3n) is 5.68. The number of sulfonamides is 1. The molecule has 8 heteroatoms. The fourth-order valence-corrected chi connectivity index (χ4v) is 5.52. The Morgan fingerprint density at radius 3 is 2.52 bits per heavy atom. The van der Waals surface area contributed by atoms with Crippen molar-refractivity contribution in [2.45, 2.75) is 24.3 Å². The number of para-hydroxylation sites is 1. The highest BCUT2D eigenvalue weighted by Gasteiger charge is 2.33. The summed E-state index contributed by atoms with van der Waals surface area (Å²) in [5.41, 5.74) is 2.35. The first-order valence-corrected chi connectivity index (χ1v) is 11.2. The molecule has 0 N–H and O–H groups in total. The highest BCUT2D eigenvalue weighted by atomic mass is 32.2. The van der Waals surface area contributed by atoms with Crippen LogP contribution in [0.4, 0.5) is 10.1 Å². The molecule has 2 aliphatic rings. The lowest BCUT2D eigenvalue weighted by Gasteiger charge is -2.35. The number of rotatable bonds is 4. The Balaban J connectivity index is 1.39. The maximum Gasteiger partial charge on any atom is 0.243 e. The molecule has 0 radical (unpaired) electrons. The summed E-state index contributed by atoms with van der Waals surface area (Å²) in [6.07, 6.45) is 0.920. The molecule has 1 amide bonds. The van der Waals surface area contributed by atoms with Crippen LogP contribution in [0.1, 0.15) is 12.5 Å². The SMILES string of the molecule is CC1Cc2ccccc2N1CC(=O)N1CCN(S(=O)(=O)c2cccc(F)c2)CC1. The highest BCUT2D eigenvalue weighted by molar-refractivity contribution is 7.89. The number of carbonyl (C=O) groups is 1. The smallest absolute Gasteiger partial charge is 0.243 e. The number of amides is 1. The van der Waals surface area contributed by atoms with E-state index in [0.29, 0.717) is 13.1 Å². The van der Waals surface area contributed by atoms with Gasteiger partial charge >= 0.3 is 0 Å². The van der Waals surface area contributed by atoms with Crippen LogP contribution in [0.5, 0.6) is 0 Å². The molecule has 154 valence electrons. The van der Waals surface area contributed by atoms with E-state index in [2.05, 4.69) is 17.9 Å². The maximum absolute atomic E-state index is 13.4. The molecule has 2 aliphatic heterocycles. The molecule has 2 aromatic rings. The summed E-state index contributed by atoms with van der Waals surface area (Å²) >= 11 is 0. The fourth-order valence-electron chi connectivity index (χ4n) is 4.07. The standard InChI is InChI=1S/C21H24FN3O3S/c1-16-13-17-5-2-3-8-20(17)25(16)15-21(26)23-9-11-24(12-10-23)29(27,28)19-7-4-6-18(22)14-19/h2-8,14,16H,9-13,15H2,1H3. The second-order valence-electron chi connectivity index (χ2n) is 7.55. The van der Waals surface area contributed by atoms with Gasteiger partial charge in [-0.2, -0.15) is 4.31 Å². The fraction of sp³-hybridized carbons (Fsp3) is 0.381. The minimum atomic E-state index is -3.76. The summed E-state index contributed by atoms with van der Waals surface area (Å²) in [5.74, 6) is -0.587. The molecule has 0 bridgehead atoms. The minimum absolute atomic E-state index is 0.00337. The van der Waals surface area contributed by atoms with Gasteiger partial charge < -0.3 is 9.80 Å². The van der Waals surface area contributed by atoms with E-state index in [4.69, 9.17) is 0 Å². The van der Waals surface area contributed by atoms with Crippen molar-refractivity contribution in [3.63, 3.8) is 0 Å². The lowest BCUT2D eigenvalue weighted by atomic mass is 10.1. The quantitative estimate of drug-likeness (QED) is 0.765. The molecule has 0 aliphatic carbocycles. The van der Waals surface area contributed by atoms with Crippen LogP contribution >= 0.6 is 0 Å².